The Morgan fingerprint density at radius 1 is 1.42 bits per heavy atom. The van der Waals surface area contributed by atoms with Crippen molar-refractivity contribution in [2.75, 3.05) is 27.7 Å². The van der Waals surface area contributed by atoms with Gasteiger partial charge in [-0.05, 0) is 37.0 Å². The maximum absolute atomic E-state index is 13.8. The molecule has 6 nitrogen and oxygen atoms in total. The van der Waals surface area contributed by atoms with Crippen molar-refractivity contribution in [3.63, 3.8) is 0 Å². The van der Waals surface area contributed by atoms with Gasteiger partial charge in [-0.2, -0.15) is 0 Å². The molecule has 0 radical (unpaired) electrons. The zero-order valence-corrected chi connectivity index (χ0v) is 17.9. The Hall–Kier alpha value is -1.58. The number of hydrogen-bond donors (Lipinski definition) is 2. The van der Waals surface area contributed by atoms with Crippen molar-refractivity contribution in [2.45, 2.75) is 38.3 Å². The first-order valence-electron chi connectivity index (χ1n) is 8.57. The number of guanidine groups is 1. The van der Waals surface area contributed by atoms with Gasteiger partial charge < -0.3 is 20.3 Å². The zero-order valence-electron chi connectivity index (χ0n) is 15.5. The fraction of sp³-hybridized carbons (Fsp3) is 0.556. The van der Waals surface area contributed by atoms with Crippen LogP contribution in [0.25, 0.3) is 0 Å². The highest BCUT2D eigenvalue weighted by Gasteiger charge is 2.22. The number of rotatable bonds is 8. The van der Waals surface area contributed by atoms with E-state index in [1.807, 2.05) is 18.0 Å². The van der Waals surface area contributed by atoms with Crippen molar-refractivity contribution < 1.29 is 13.9 Å². The van der Waals surface area contributed by atoms with Gasteiger partial charge in [-0.3, -0.25) is 9.79 Å². The highest BCUT2D eigenvalue weighted by Crippen LogP contribution is 2.19. The molecule has 0 unspecified atom stereocenters. The summed E-state index contributed by atoms with van der Waals surface area (Å²) in [5, 5.41) is 6.20. The molecule has 1 aliphatic carbocycles. The molecular weight excluding hydrogens is 450 g/mol. The number of ether oxygens (including phenoxy) is 1. The normalized spacial score (nSPS) is 13.6. The molecule has 1 fully saturated rings. The summed E-state index contributed by atoms with van der Waals surface area (Å²) in [6, 6.07) is 5.32. The maximum atomic E-state index is 13.8. The second-order valence-electron chi connectivity index (χ2n) is 6.24. The van der Waals surface area contributed by atoms with E-state index < -0.39 is 0 Å². The molecule has 0 aliphatic heterocycles. The van der Waals surface area contributed by atoms with Gasteiger partial charge in [-0.1, -0.05) is 6.07 Å². The summed E-state index contributed by atoms with van der Waals surface area (Å²) in [6.07, 6.45) is 3.46. The molecular formula is C18H28FIN4O2. The Kier molecular flexibility index (Phi) is 9.68. The minimum Gasteiger partial charge on any atom is -0.494 e. The standard InChI is InChI=1S/C18H27FN4O2.HI/c1-20-18(21-10-4-5-17(24)22-14-7-8-14)23(2)12-13-6-9-16(25-3)15(19)11-13;/h6,9,11,14H,4-5,7-8,10,12H2,1-3H3,(H,20,21)(H,22,24);1H. The predicted octanol–water partition coefficient (Wildman–Crippen LogP) is 2.52. The van der Waals surface area contributed by atoms with Crippen LogP contribution in [-0.4, -0.2) is 50.6 Å². The molecule has 0 saturated heterocycles. The van der Waals surface area contributed by atoms with Gasteiger partial charge in [0.15, 0.2) is 17.5 Å². The molecule has 2 N–H and O–H groups in total. The van der Waals surface area contributed by atoms with E-state index in [-0.39, 0.29) is 41.5 Å². The number of carbonyl (C=O) groups is 1. The molecule has 26 heavy (non-hydrogen) atoms. The van der Waals surface area contributed by atoms with E-state index in [9.17, 15) is 9.18 Å². The van der Waals surface area contributed by atoms with Crippen molar-refractivity contribution >= 4 is 35.8 Å². The first-order chi connectivity index (χ1) is 12.0. The molecule has 1 amide bonds. The third-order valence-corrected chi connectivity index (χ3v) is 4.02. The van der Waals surface area contributed by atoms with Gasteiger partial charge in [0.2, 0.25) is 5.91 Å². The molecule has 1 aromatic carbocycles. The van der Waals surface area contributed by atoms with E-state index in [0.29, 0.717) is 31.5 Å². The Morgan fingerprint density at radius 2 is 2.15 bits per heavy atom. The number of aliphatic imine (C=N–C) groups is 1. The number of hydrogen-bond acceptors (Lipinski definition) is 3. The van der Waals surface area contributed by atoms with Crippen molar-refractivity contribution in [3.05, 3.63) is 29.6 Å². The summed E-state index contributed by atoms with van der Waals surface area (Å²) in [5.41, 5.74) is 0.826. The largest absolute Gasteiger partial charge is 0.494 e. The minimum absolute atomic E-state index is 0. The van der Waals surface area contributed by atoms with Crippen LogP contribution in [-0.2, 0) is 11.3 Å². The molecule has 8 heteroatoms. The van der Waals surface area contributed by atoms with Crippen LogP contribution in [0.3, 0.4) is 0 Å². The van der Waals surface area contributed by atoms with Crippen LogP contribution in [0.15, 0.2) is 23.2 Å². The molecule has 1 aromatic rings. The summed E-state index contributed by atoms with van der Waals surface area (Å²) in [5.74, 6) is 0.677. The van der Waals surface area contributed by atoms with Crippen LogP contribution in [0.2, 0.25) is 0 Å². The molecule has 0 heterocycles. The first-order valence-corrected chi connectivity index (χ1v) is 8.57. The summed E-state index contributed by atoms with van der Waals surface area (Å²) in [4.78, 5) is 17.8. The Bertz CT molecular complexity index is 623. The highest BCUT2D eigenvalue weighted by molar-refractivity contribution is 14.0. The number of amides is 1. The fourth-order valence-electron chi connectivity index (χ4n) is 2.52. The third kappa shape index (κ3) is 7.35. The lowest BCUT2D eigenvalue weighted by Crippen LogP contribution is -2.39. The quantitative estimate of drug-likeness (QED) is 0.261. The lowest BCUT2D eigenvalue weighted by Gasteiger charge is -2.22. The van der Waals surface area contributed by atoms with Gasteiger partial charge in [0.05, 0.1) is 7.11 Å². The van der Waals surface area contributed by atoms with Crippen LogP contribution >= 0.6 is 24.0 Å². The van der Waals surface area contributed by atoms with E-state index in [1.54, 1.807) is 13.1 Å². The van der Waals surface area contributed by atoms with E-state index in [2.05, 4.69) is 15.6 Å². The fourth-order valence-corrected chi connectivity index (χ4v) is 2.52. The van der Waals surface area contributed by atoms with Gasteiger partial charge in [0, 0.05) is 39.6 Å². The summed E-state index contributed by atoms with van der Waals surface area (Å²) >= 11 is 0. The lowest BCUT2D eigenvalue weighted by molar-refractivity contribution is -0.121. The van der Waals surface area contributed by atoms with Crippen molar-refractivity contribution in [1.29, 1.82) is 0 Å². The average molecular weight is 478 g/mol. The summed E-state index contributed by atoms with van der Waals surface area (Å²) < 4.78 is 18.7. The monoisotopic (exact) mass is 478 g/mol. The van der Waals surface area contributed by atoms with Crippen molar-refractivity contribution in [2.24, 2.45) is 4.99 Å². The number of nitrogens with one attached hydrogen (secondary N) is 2. The number of halogens is 2. The Morgan fingerprint density at radius 3 is 2.73 bits per heavy atom. The lowest BCUT2D eigenvalue weighted by atomic mass is 10.2. The van der Waals surface area contributed by atoms with Crippen molar-refractivity contribution in [1.82, 2.24) is 15.5 Å². The van der Waals surface area contributed by atoms with E-state index in [4.69, 9.17) is 4.74 Å². The zero-order chi connectivity index (χ0) is 18.2. The molecule has 1 aliphatic rings. The van der Waals surface area contributed by atoms with Gasteiger partial charge in [-0.25, -0.2) is 4.39 Å². The molecule has 0 spiro atoms. The summed E-state index contributed by atoms with van der Waals surface area (Å²) in [7, 11) is 5.03. The smallest absolute Gasteiger partial charge is 0.220 e. The van der Waals surface area contributed by atoms with Crippen LogP contribution in [0.1, 0.15) is 31.2 Å². The van der Waals surface area contributed by atoms with E-state index in [1.165, 1.54) is 13.2 Å². The Labute approximate surface area is 171 Å². The van der Waals surface area contributed by atoms with Crippen LogP contribution < -0.4 is 15.4 Å². The van der Waals surface area contributed by atoms with Gasteiger partial charge in [0.25, 0.3) is 0 Å². The summed E-state index contributed by atoms with van der Waals surface area (Å²) in [6.45, 7) is 1.18. The third-order valence-electron chi connectivity index (χ3n) is 4.02. The molecule has 146 valence electrons. The number of nitrogens with zero attached hydrogens (tertiary/aromatic N) is 2. The van der Waals surface area contributed by atoms with Gasteiger partial charge in [0.1, 0.15) is 0 Å². The van der Waals surface area contributed by atoms with Crippen LogP contribution in [0, 0.1) is 5.82 Å². The maximum Gasteiger partial charge on any atom is 0.220 e. The molecule has 0 atom stereocenters. The number of methoxy groups -OCH3 is 1. The van der Waals surface area contributed by atoms with Crippen LogP contribution in [0.4, 0.5) is 4.39 Å². The van der Waals surface area contributed by atoms with E-state index >= 15 is 0 Å². The van der Waals surface area contributed by atoms with Gasteiger partial charge >= 0.3 is 0 Å². The van der Waals surface area contributed by atoms with E-state index in [0.717, 1.165) is 24.8 Å². The first kappa shape index (κ1) is 22.5. The SMILES string of the molecule is CN=C(NCCCC(=O)NC1CC1)N(C)Cc1ccc(OC)c(F)c1.I. The topological polar surface area (TPSA) is 66.0 Å². The minimum atomic E-state index is -0.377. The molecule has 0 aromatic heterocycles. The second-order valence-corrected chi connectivity index (χ2v) is 6.24. The molecule has 1 saturated carbocycles. The van der Waals surface area contributed by atoms with Crippen LogP contribution in [0.5, 0.6) is 5.75 Å². The molecule has 2 rings (SSSR count). The van der Waals surface area contributed by atoms with Gasteiger partial charge in [-0.15, -0.1) is 24.0 Å². The number of benzene rings is 1. The number of carbonyl (C=O) groups excluding carboxylic acids is 1. The average Bonchev–Trinajstić information content (AvgIpc) is 3.39. The van der Waals surface area contributed by atoms with Crippen molar-refractivity contribution in [3.8, 4) is 5.75 Å². The second kappa shape index (κ2) is 11.2. The highest BCUT2D eigenvalue weighted by atomic mass is 127. The predicted molar refractivity (Wildman–Crippen MR) is 112 cm³/mol. The molecule has 0 bridgehead atoms. The Balaban J connectivity index is 0.00000338.